The molecule has 1 aliphatic rings. The average molecular weight is 409 g/mol. The molecule has 1 saturated heterocycles. The first kappa shape index (κ1) is 20.2. The van der Waals surface area contributed by atoms with Crippen molar-refractivity contribution in [1.82, 2.24) is 19.7 Å². The Balaban J connectivity index is 1.38. The monoisotopic (exact) mass is 409 g/mol. The molecule has 1 aliphatic heterocycles. The predicted octanol–water partition coefficient (Wildman–Crippen LogP) is 2.82. The Morgan fingerprint density at radius 3 is 2.83 bits per heavy atom. The average Bonchev–Trinajstić information content (AvgIpc) is 3.38. The quantitative estimate of drug-likeness (QED) is 0.628. The summed E-state index contributed by atoms with van der Waals surface area (Å²) in [5, 5.41) is 8.37. The normalized spacial score (nSPS) is 14.2. The van der Waals surface area contributed by atoms with Gasteiger partial charge in [0.25, 0.3) is 5.91 Å². The Morgan fingerprint density at radius 2 is 2.03 bits per heavy atom. The van der Waals surface area contributed by atoms with Gasteiger partial charge in [-0.2, -0.15) is 5.10 Å². The zero-order valence-corrected chi connectivity index (χ0v) is 17.2. The Labute approximate surface area is 175 Å². The van der Waals surface area contributed by atoms with Crippen molar-refractivity contribution in [3.05, 3.63) is 47.9 Å². The van der Waals surface area contributed by atoms with E-state index in [1.807, 2.05) is 31.3 Å². The van der Waals surface area contributed by atoms with Crippen molar-refractivity contribution in [1.29, 1.82) is 0 Å². The number of rotatable bonds is 7. The van der Waals surface area contributed by atoms with Crippen molar-refractivity contribution in [3.63, 3.8) is 0 Å². The summed E-state index contributed by atoms with van der Waals surface area (Å²) in [6, 6.07) is 8.15. The molecule has 158 valence electrons. The van der Waals surface area contributed by atoms with E-state index in [2.05, 4.69) is 21.5 Å². The lowest BCUT2D eigenvalue weighted by Gasteiger charge is -2.27. The first-order valence-electron chi connectivity index (χ1n) is 10.4. The highest BCUT2D eigenvalue weighted by Crippen LogP contribution is 2.21. The number of aryl methyl sites for hydroxylation is 2. The van der Waals surface area contributed by atoms with Crippen LogP contribution in [0.1, 0.15) is 35.8 Å². The van der Waals surface area contributed by atoms with Crippen LogP contribution in [-0.4, -0.2) is 57.8 Å². The van der Waals surface area contributed by atoms with Gasteiger partial charge in [-0.3, -0.25) is 14.3 Å². The lowest BCUT2D eigenvalue weighted by atomic mass is 10.1. The van der Waals surface area contributed by atoms with E-state index in [1.165, 1.54) is 10.9 Å². The number of benzene rings is 1. The standard InChI is InChI=1S/C22H27N5O3/c1-2-27-21(22(29)26-10-12-30-13-11-26)19(15-24-27)25-20(28)9-5-6-16-14-23-18-8-4-3-7-17(16)18/h3-4,7-8,14-15,23H,2,5-6,9-13H2,1H3,(H,25,28). The van der Waals surface area contributed by atoms with Crippen LogP contribution in [0.2, 0.25) is 0 Å². The number of fused-ring (bicyclic) bond motifs is 1. The number of nitrogens with zero attached hydrogens (tertiary/aromatic N) is 3. The molecule has 0 radical (unpaired) electrons. The maximum Gasteiger partial charge on any atom is 0.274 e. The van der Waals surface area contributed by atoms with Crippen LogP contribution in [0.5, 0.6) is 0 Å². The van der Waals surface area contributed by atoms with Gasteiger partial charge in [0.05, 0.1) is 25.1 Å². The van der Waals surface area contributed by atoms with Gasteiger partial charge in [-0.25, -0.2) is 0 Å². The molecule has 2 N–H and O–H groups in total. The Bertz CT molecular complexity index is 1030. The van der Waals surface area contributed by atoms with Crippen molar-refractivity contribution in [2.45, 2.75) is 32.7 Å². The number of nitrogens with one attached hydrogen (secondary N) is 2. The summed E-state index contributed by atoms with van der Waals surface area (Å²) in [6.07, 6.45) is 5.48. The first-order chi connectivity index (χ1) is 14.7. The second-order valence-corrected chi connectivity index (χ2v) is 7.39. The number of aromatic amines is 1. The van der Waals surface area contributed by atoms with E-state index < -0.39 is 0 Å². The third-order valence-corrected chi connectivity index (χ3v) is 5.44. The third-order valence-electron chi connectivity index (χ3n) is 5.44. The molecule has 1 fully saturated rings. The molecule has 2 amide bonds. The number of carbonyl (C=O) groups is 2. The number of anilines is 1. The highest BCUT2D eigenvalue weighted by atomic mass is 16.5. The molecule has 4 rings (SSSR count). The topological polar surface area (TPSA) is 92.2 Å². The van der Waals surface area contributed by atoms with Crippen LogP contribution in [0.4, 0.5) is 5.69 Å². The predicted molar refractivity (Wildman–Crippen MR) is 114 cm³/mol. The Kier molecular flexibility index (Phi) is 6.13. The lowest BCUT2D eigenvalue weighted by Crippen LogP contribution is -2.41. The summed E-state index contributed by atoms with van der Waals surface area (Å²) < 4.78 is 6.97. The molecule has 2 aromatic heterocycles. The molecule has 0 aliphatic carbocycles. The summed E-state index contributed by atoms with van der Waals surface area (Å²) in [6.45, 7) is 4.64. The maximum absolute atomic E-state index is 13.0. The van der Waals surface area contributed by atoms with Gasteiger partial charge < -0.3 is 19.9 Å². The van der Waals surface area contributed by atoms with Gasteiger partial charge in [-0.05, 0) is 31.4 Å². The van der Waals surface area contributed by atoms with Gasteiger partial charge >= 0.3 is 0 Å². The maximum atomic E-state index is 13.0. The molecule has 8 heteroatoms. The molecular formula is C22H27N5O3. The number of para-hydroxylation sites is 1. The van der Waals surface area contributed by atoms with E-state index in [-0.39, 0.29) is 11.8 Å². The fourth-order valence-electron chi connectivity index (χ4n) is 3.85. The SMILES string of the molecule is CCn1ncc(NC(=O)CCCc2c[nH]c3ccccc23)c1C(=O)N1CCOCC1. The van der Waals surface area contributed by atoms with Crippen molar-refractivity contribution in [2.24, 2.45) is 0 Å². The Hall–Kier alpha value is -3.13. The van der Waals surface area contributed by atoms with Crippen LogP contribution < -0.4 is 5.32 Å². The summed E-state index contributed by atoms with van der Waals surface area (Å²) >= 11 is 0. The largest absolute Gasteiger partial charge is 0.378 e. The van der Waals surface area contributed by atoms with Crippen LogP contribution in [0, 0.1) is 0 Å². The minimum absolute atomic E-state index is 0.110. The van der Waals surface area contributed by atoms with Gasteiger partial charge in [0, 0.05) is 43.2 Å². The van der Waals surface area contributed by atoms with Crippen molar-refractivity contribution >= 4 is 28.4 Å². The fourth-order valence-corrected chi connectivity index (χ4v) is 3.85. The van der Waals surface area contributed by atoms with Crippen LogP contribution in [0.15, 0.2) is 36.7 Å². The number of ether oxygens (including phenoxy) is 1. The summed E-state index contributed by atoms with van der Waals surface area (Å²) in [5.41, 5.74) is 3.23. The van der Waals surface area contributed by atoms with E-state index >= 15 is 0 Å². The number of carbonyl (C=O) groups excluding carboxylic acids is 2. The first-order valence-corrected chi connectivity index (χ1v) is 10.4. The minimum Gasteiger partial charge on any atom is -0.378 e. The number of H-pyrrole nitrogens is 1. The number of morpholine rings is 1. The van der Waals surface area contributed by atoms with Gasteiger partial charge in [-0.1, -0.05) is 18.2 Å². The fraction of sp³-hybridized carbons (Fsp3) is 0.409. The third kappa shape index (κ3) is 4.23. The molecule has 3 aromatic rings. The molecule has 8 nitrogen and oxygen atoms in total. The van der Waals surface area contributed by atoms with E-state index in [0.717, 1.165) is 18.4 Å². The summed E-state index contributed by atoms with van der Waals surface area (Å²) in [4.78, 5) is 30.6. The number of hydrogen-bond donors (Lipinski definition) is 2. The smallest absolute Gasteiger partial charge is 0.274 e. The highest BCUT2D eigenvalue weighted by molar-refractivity contribution is 6.02. The summed E-state index contributed by atoms with van der Waals surface area (Å²) in [5.74, 6) is -0.228. The zero-order chi connectivity index (χ0) is 20.9. The minimum atomic E-state index is -0.119. The molecule has 0 spiro atoms. The Morgan fingerprint density at radius 1 is 1.23 bits per heavy atom. The van der Waals surface area contributed by atoms with Gasteiger partial charge in [0.2, 0.25) is 5.91 Å². The van der Waals surface area contributed by atoms with Crippen LogP contribution in [0.25, 0.3) is 10.9 Å². The molecule has 0 atom stereocenters. The highest BCUT2D eigenvalue weighted by Gasteiger charge is 2.25. The molecule has 1 aromatic carbocycles. The van der Waals surface area contributed by atoms with Crippen LogP contribution >= 0.6 is 0 Å². The van der Waals surface area contributed by atoms with E-state index in [4.69, 9.17) is 4.74 Å². The van der Waals surface area contributed by atoms with E-state index in [9.17, 15) is 9.59 Å². The van der Waals surface area contributed by atoms with Crippen molar-refractivity contribution < 1.29 is 14.3 Å². The number of amides is 2. The second-order valence-electron chi connectivity index (χ2n) is 7.39. The molecule has 0 saturated carbocycles. The van der Waals surface area contributed by atoms with E-state index in [1.54, 1.807) is 15.8 Å². The van der Waals surface area contributed by atoms with Crippen molar-refractivity contribution in [3.8, 4) is 0 Å². The van der Waals surface area contributed by atoms with Gasteiger partial charge in [0.15, 0.2) is 0 Å². The molecular weight excluding hydrogens is 382 g/mol. The molecule has 30 heavy (non-hydrogen) atoms. The molecule has 0 bridgehead atoms. The van der Waals surface area contributed by atoms with Crippen molar-refractivity contribution in [2.75, 3.05) is 31.6 Å². The number of hydrogen-bond acceptors (Lipinski definition) is 4. The van der Waals surface area contributed by atoms with Gasteiger partial charge in [0.1, 0.15) is 5.69 Å². The van der Waals surface area contributed by atoms with E-state index in [0.29, 0.717) is 50.7 Å². The summed E-state index contributed by atoms with van der Waals surface area (Å²) in [7, 11) is 0. The van der Waals surface area contributed by atoms with Crippen LogP contribution in [-0.2, 0) is 22.5 Å². The zero-order valence-electron chi connectivity index (χ0n) is 17.2. The van der Waals surface area contributed by atoms with Crippen LogP contribution in [0.3, 0.4) is 0 Å². The lowest BCUT2D eigenvalue weighted by molar-refractivity contribution is -0.116. The molecule has 0 unspecified atom stereocenters. The van der Waals surface area contributed by atoms with Gasteiger partial charge in [-0.15, -0.1) is 0 Å². The number of aromatic nitrogens is 3. The molecule has 3 heterocycles. The second kappa shape index (κ2) is 9.13.